The van der Waals surface area contributed by atoms with Crippen LogP contribution in [0, 0.1) is 13.8 Å². The van der Waals surface area contributed by atoms with Crippen molar-refractivity contribution in [2.45, 2.75) is 13.8 Å². The quantitative estimate of drug-likeness (QED) is 0.376. The van der Waals surface area contributed by atoms with Crippen LogP contribution in [0.4, 0.5) is 11.4 Å². The van der Waals surface area contributed by atoms with Crippen LogP contribution in [0.2, 0.25) is 0 Å². The van der Waals surface area contributed by atoms with Gasteiger partial charge in [0.05, 0.1) is 34.9 Å². The molecule has 2 aromatic carbocycles. The van der Waals surface area contributed by atoms with Crippen LogP contribution < -0.4 is 20.7 Å². The van der Waals surface area contributed by atoms with E-state index in [1.165, 1.54) is 6.07 Å². The highest BCUT2D eigenvalue weighted by molar-refractivity contribution is 6.01. The van der Waals surface area contributed by atoms with Gasteiger partial charge in [-0.15, -0.1) is 0 Å². The van der Waals surface area contributed by atoms with Gasteiger partial charge in [0.25, 0.3) is 11.8 Å². The third-order valence-corrected chi connectivity index (χ3v) is 5.47. The second kappa shape index (κ2) is 11.7. The average molecular weight is 486 g/mol. The largest absolute Gasteiger partial charge is 0.378 e. The minimum absolute atomic E-state index is 0.258. The van der Waals surface area contributed by atoms with Gasteiger partial charge in [-0.3, -0.25) is 14.6 Å². The van der Waals surface area contributed by atoms with Crippen molar-refractivity contribution in [2.24, 2.45) is 10.2 Å². The molecule has 36 heavy (non-hydrogen) atoms. The predicted molar refractivity (Wildman–Crippen MR) is 145 cm³/mol. The maximum absolute atomic E-state index is 12.7. The number of nitrogens with zero attached hydrogens (tertiary/aromatic N) is 5. The van der Waals surface area contributed by atoms with Gasteiger partial charge in [0.1, 0.15) is 0 Å². The number of carbonyl (C=O) groups is 2. The summed E-state index contributed by atoms with van der Waals surface area (Å²) in [5, 5.41) is 8.08. The molecule has 3 aromatic rings. The van der Waals surface area contributed by atoms with Crippen molar-refractivity contribution in [2.75, 3.05) is 38.0 Å². The first kappa shape index (κ1) is 26.1. The number of benzene rings is 2. The summed E-state index contributed by atoms with van der Waals surface area (Å²) in [5.74, 6) is -0.917. The zero-order valence-corrected chi connectivity index (χ0v) is 21.4. The lowest BCUT2D eigenvalue weighted by Crippen LogP contribution is -2.23. The maximum Gasteiger partial charge on any atom is 0.273 e. The molecule has 0 aliphatic heterocycles. The molecule has 0 spiro atoms. The van der Waals surface area contributed by atoms with Gasteiger partial charge in [-0.1, -0.05) is 24.3 Å². The van der Waals surface area contributed by atoms with E-state index in [9.17, 15) is 9.59 Å². The summed E-state index contributed by atoms with van der Waals surface area (Å²) in [6.45, 7) is 3.42. The Morgan fingerprint density at radius 1 is 0.694 bits per heavy atom. The normalized spacial score (nSPS) is 11.1. The van der Waals surface area contributed by atoms with Crippen LogP contribution >= 0.6 is 0 Å². The van der Waals surface area contributed by atoms with Crippen molar-refractivity contribution in [3.63, 3.8) is 0 Å². The van der Waals surface area contributed by atoms with Crippen molar-refractivity contribution in [3.05, 3.63) is 88.2 Å². The summed E-state index contributed by atoms with van der Waals surface area (Å²) < 4.78 is 0. The van der Waals surface area contributed by atoms with E-state index >= 15 is 0 Å². The lowest BCUT2D eigenvalue weighted by Gasteiger charge is -2.11. The minimum atomic E-state index is -0.459. The fraction of sp³-hybridized carbons (Fsp3) is 0.222. The molecule has 0 aliphatic carbocycles. The molecule has 186 valence electrons. The number of aryl methyl sites for hydroxylation is 2. The van der Waals surface area contributed by atoms with E-state index in [4.69, 9.17) is 0 Å². The smallest absolute Gasteiger partial charge is 0.273 e. The van der Waals surface area contributed by atoms with E-state index in [0.717, 1.165) is 22.5 Å². The molecular weight excluding hydrogens is 454 g/mol. The van der Waals surface area contributed by atoms with Gasteiger partial charge in [-0.05, 0) is 55.3 Å². The molecule has 3 rings (SSSR count). The number of hydrogen-bond donors (Lipinski definition) is 2. The van der Waals surface area contributed by atoms with Crippen LogP contribution in [-0.4, -0.2) is 57.4 Å². The predicted octanol–water partition coefficient (Wildman–Crippen LogP) is 3.36. The van der Waals surface area contributed by atoms with Crippen LogP contribution in [0.15, 0.2) is 64.8 Å². The molecule has 2 amide bonds. The molecule has 2 N–H and O–H groups in total. The third-order valence-electron chi connectivity index (χ3n) is 5.47. The molecule has 9 nitrogen and oxygen atoms in total. The lowest BCUT2D eigenvalue weighted by molar-refractivity contribution is 0.0954. The fourth-order valence-corrected chi connectivity index (χ4v) is 3.35. The third kappa shape index (κ3) is 6.75. The van der Waals surface area contributed by atoms with E-state index < -0.39 is 11.8 Å². The molecule has 0 fully saturated rings. The Morgan fingerprint density at radius 3 is 1.39 bits per heavy atom. The molecule has 0 saturated carbocycles. The van der Waals surface area contributed by atoms with Crippen LogP contribution in [0.1, 0.15) is 43.2 Å². The second-order valence-corrected chi connectivity index (χ2v) is 8.62. The summed E-state index contributed by atoms with van der Waals surface area (Å²) >= 11 is 0. The molecular formula is C27H31N7O2. The number of hydrogen-bond acceptors (Lipinski definition) is 7. The Kier molecular flexibility index (Phi) is 8.51. The Morgan fingerprint density at radius 2 is 1.06 bits per heavy atom. The highest BCUT2D eigenvalue weighted by Crippen LogP contribution is 2.14. The summed E-state index contributed by atoms with van der Waals surface area (Å²) in [5.41, 5.74) is 10.3. The zero-order valence-electron chi connectivity index (χ0n) is 21.4. The van der Waals surface area contributed by atoms with Gasteiger partial charge in [-0.2, -0.15) is 10.2 Å². The molecule has 0 unspecified atom stereocenters. The number of nitrogens with one attached hydrogen (secondary N) is 2. The van der Waals surface area contributed by atoms with Crippen molar-refractivity contribution in [1.29, 1.82) is 0 Å². The zero-order chi connectivity index (χ0) is 26.2. The summed E-state index contributed by atoms with van der Waals surface area (Å²) in [6, 6.07) is 17.0. The Balaban J connectivity index is 1.66. The summed E-state index contributed by atoms with van der Waals surface area (Å²) in [7, 11) is 7.86. The van der Waals surface area contributed by atoms with Crippen LogP contribution in [0.25, 0.3) is 0 Å². The van der Waals surface area contributed by atoms with Crippen molar-refractivity contribution < 1.29 is 9.59 Å². The first-order valence-corrected chi connectivity index (χ1v) is 11.4. The van der Waals surface area contributed by atoms with Gasteiger partial charge in [-0.25, -0.2) is 10.9 Å². The SMILES string of the molecule is Cc1nc(C)c(C(=O)N/N=C\c2ccc(N(C)C)cc2)cc1C(=O)N/N=C\c1ccc(N(C)C)cc1. The fourth-order valence-electron chi connectivity index (χ4n) is 3.35. The molecule has 1 aromatic heterocycles. The van der Waals surface area contributed by atoms with Crippen LogP contribution in [0.5, 0.6) is 0 Å². The average Bonchev–Trinajstić information content (AvgIpc) is 2.84. The minimum Gasteiger partial charge on any atom is -0.378 e. The molecule has 0 aliphatic rings. The highest BCUT2D eigenvalue weighted by Gasteiger charge is 2.17. The van der Waals surface area contributed by atoms with Gasteiger partial charge >= 0.3 is 0 Å². The first-order valence-electron chi connectivity index (χ1n) is 11.4. The van der Waals surface area contributed by atoms with Gasteiger partial charge < -0.3 is 9.80 Å². The lowest BCUT2D eigenvalue weighted by atomic mass is 10.1. The topological polar surface area (TPSA) is 102 Å². The van der Waals surface area contributed by atoms with Gasteiger partial charge in [0.2, 0.25) is 0 Å². The number of pyridine rings is 1. The van der Waals surface area contributed by atoms with Gasteiger partial charge in [0.15, 0.2) is 0 Å². The van der Waals surface area contributed by atoms with Crippen molar-refractivity contribution in [3.8, 4) is 0 Å². The molecule has 0 atom stereocenters. The highest BCUT2D eigenvalue weighted by atomic mass is 16.2. The second-order valence-electron chi connectivity index (χ2n) is 8.62. The standard InChI is InChI=1S/C27H31N7O2/c1-18-24(26(35)31-28-16-20-7-11-22(12-8-20)33(3)4)15-25(19(2)30-18)27(36)32-29-17-21-9-13-23(14-10-21)34(5)6/h7-17H,1-6H3,(H,31,35)(H,32,36)/b28-16-,29-17-. The van der Waals surface area contributed by atoms with Gasteiger partial charge in [0, 0.05) is 39.6 Å². The Labute approximate surface area is 211 Å². The van der Waals surface area contributed by atoms with E-state index in [1.54, 1.807) is 26.3 Å². The number of amides is 2. The number of carbonyl (C=O) groups excluding carboxylic acids is 2. The molecule has 0 saturated heterocycles. The molecule has 9 heteroatoms. The van der Waals surface area contributed by atoms with Crippen LogP contribution in [-0.2, 0) is 0 Å². The summed E-state index contributed by atoms with van der Waals surface area (Å²) in [6.07, 6.45) is 3.11. The Bertz CT molecular complexity index is 1180. The van der Waals surface area contributed by atoms with Crippen LogP contribution in [0.3, 0.4) is 0 Å². The number of aromatic nitrogens is 1. The number of anilines is 2. The number of hydrazone groups is 2. The first-order chi connectivity index (χ1) is 17.2. The Hall–Kier alpha value is -4.53. The van der Waals surface area contributed by atoms with E-state index in [2.05, 4.69) is 26.0 Å². The van der Waals surface area contributed by atoms with Crippen molar-refractivity contribution in [1.82, 2.24) is 15.8 Å². The molecule has 1 heterocycles. The summed E-state index contributed by atoms with van der Waals surface area (Å²) in [4.78, 5) is 33.8. The van der Waals surface area contributed by atoms with E-state index in [0.29, 0.717) is 11.4 Å². The van der Waals surface area contributed by atoms with E-state index in [1.807, 2.05) is 86.5 Å². The van der Waals surface area contributed by atoms with Crippen molar-refractivity contribution >= 4 is 35.6 Å². The monoisotopic (exact) mass is 485 g/mol. The number of rotatable bonds is 8. The van der Waals surface area contributed by atoms with E-state index in [-0.39, 0.29) is 11.1 Å². The maximum atomic E-state index is 12.7. The molecule has 0 bridgehead atoms. The molecule has 0 radical (unpaired) electrons.